The van der Waals surface area contributed by atoms with Crippen molar-refractivity contribution in [3.05, 3.63) is 29.1 Å². The Bertz CT molecular complexity index is 720. The molecule has 0 saturated carbocycles. The van der Waals surface area contributed by atoms with Crippen LogP contribution in [0.4, 0.5) is 0 Å². The van der Waals surface area contributed by atoms with Gasteiger partial charge < -0.3 is 5.73 Å². The molecule has 6 heteroatoms. The van der Waals surface area contributed by atoms with Crippen LogP contribution >= 0.6 is 11.3 Å². The van der Waals surface area contributed by atoms with Crippen LogP contribution in [0.25, 0.3) is 10.1 Å². The number of hydrogen-bond acceptors (Lipinski definition) is 4. The van der Waals surface area contributed by atoms with Crippen molar-refractivity contribution in [2.75, 3.05) is 13.6 Å². The maximum Gasteiger partial charge on any atom is 0.244 e. The van der Waals surface area contributed by atoms with Crippen LogP contribution in [0.2, 0.25) is 0 Å². The van der Waals surface area contributed by atoms with Crippen LogP contribution in [0.1, 0.15) is 25.1 Å². The molecule has 1 aromatic heterocycles. The number of nitrogens with zero attached hydrogens (tertiary/aromatic N) is 1. The van der Waals surface area contributed by atoms with Gasteiger partial charge in [-0.1, -0.05) is 32.0 Å². The lowest BCUT2D eigenvalue weighted by molar-refractivity contribution is 0.428. The third kappa shape index (κ3) is 3.29. The molecule has 0 saturated heterocycles. The maximum absolute atomic E-state index is 12.9. The van der Waals surface area contributed by atoms with Crippen LogP contribution < -0.4 is 5.73 Å². The van der Waals surface area contributed by atoms with Crippen molar-refractivity contribution in [3.63, 3.8) is 0 Å². The second-order valence-electron chi connectivity index (χ2n) is 5.56. The van der Waals surface area contributed by atoms with Crippen molar-refractivity contribution in [1.29, 1.82) is 0 Å². The molecule has 0 unspecified atom stereocenters. The Labute approximate surface area is 130 Å². The Kier molecular flexibility index (Phi) is 5.03. The first-order valence-electron chi connectivity index (χ1n) is 7.04. The molecular weight excluding hydrogens is 304 g/mol. The Morgan fingerprint density at radius 1 is 1.29 bits per heavy atom. The largest absolute Gasteiger partial charge is 0.326 e. The highest BCUT2D eigenvalue weighted by atomic mass is 32.2. The van der Waals surface area contributed by atoms with E-state index in [2.05, 4.69) is 13.8 Å². The van der Waals surface area contributed by atoms with Crippen molar-refractivity contribution in [1.82, 2.24) is 4.31 Å². The van der Waals surface area contributed by atoms with E-state index in [0.717, 1.165) is 21.4 Å². The summed E-state index contributed by atoms with van der Waals surface area (Å²) < 4.78 is 28.2. The van der Waals surface area contributed by atoms with Gasteiger partial charge in [0, 0.05) is 35.1 Å². The molecule has 0 spiro atoms. The smallest absolute Gasteiger partial charge is 0.244 e. The lowest BCUT2D eigenvalue weighted by atomic mass is 10.1. The summed E-state index contributed by atoms with van der Waals surface area (Å²) in [6.45, 7) is 4.94. The van der Waals surface area contributed by atoms with E-state index in [9.17, 15) is 8.42 Å². The summed E-state index contributed by atoms with van der Waals surface area (Å²) in [4.78, 5) is 1.12. The fourth-order valence-corrected chi connectivity index (χ4v) is 5.17. The zero-order valence-electron chi connectivity index (χ0n) is 12.7. The Morgan fingerprint density at radius 3 is 2.57 bits per heavy atom. The number of rotatable bonds is 6. The molecule has 0 aliphatic heterocycles. The third-order valence-electron chi connectivity index (χ3n) is 3.49. The topological polar surface area (TPSA) is 63.4 Å². The zero-order chi connectivity index (χ0) is 15.6. The summed E-state index contributed by atoms with van der Waals surface area (Å²) in [6, 6.07) is 7.57. The van der Waals surface area contributed by atoms with E-state index in [4.69, 9.17) is 5.73 Å². The number of benzene rings is 1. The second-order valence-corrected chi connectivity index (χ2v) is 8.68. The highest BCUT2D eigenvalue weighted by molar-refractivity contribution is 7.89. The fourth-order valence-electron chi connectivity index (χ4n) is 2.21. The zero-order valence-corrected chi connectivity index (χ0v) is 14.3. The first kappa shape index (κ1) is 16.4. The molecule has 0 aliphatic carbocycles. The molecule has 4 nitrogen and oxygen atoms in total. The normalized spacial score (nSPS) is 12.7. The molecular formula is C15H22N2O2S2. The summed E-state index contributed by atoms with van der Waals surface area (Å²) >= 11 is 1.46. The molecule has 0 atom stereocenters. The van der Waals surface area contributed by atoms with Crippen LogP contribution in [-0.4, -0.2) is 26.3 Å². The average Bonchev–Trinajstić information content (AvgIpc) is 2.83. The molecule has 1 heterocycles. The van der Waals surface area contributed by atoms with Crippen molar-refractivity contribution >= 4 is 31.4 Å². The number of sulfonamides is 1. The van der Waals surface area contributed by atoms with Gasteiger partial charge in [-0.2, -0.15) is 0 Å². The van der Waals surface area contributed by atoms with Crippen LogP contribution in [0.5, 0.6) is 0 Å². The highest BCUT2D eigenvalue weighted by Crippen LogP contribution is 2.35. The van der Waals surface area contributed by atoms with Gasteiger partial charge in [-0.3, -0.25) is 0 Å². The van der Waals surface area contributed by atoms with Crippen LogP contribution in [0, 0.1) is 5.92 Å². The Morgan fingerprint density at radius 2 is 1.95 bits per heavy atom. The molecule has 1 aromatic carbocycles. The SMILES string of the molecule is CC(C)CCN(C)S(=O)(=O)c1c(CN)sc2ccccc12. The minimum atomic E-state index is -3.50. The van der Waals surface area contributed by atoms with E-state index >= 15 is 0 Å². The summed E-state index contributed by atoms with van der Waals surface area (Å²) in [5, 5.41) is 0.777. The molecule has 116 valence electrons. The van der Waals surface area contributed by atoms with Gasteiger partial charge in [0.15, 0.2) is 0 Å². The predicted molar refractivity (Wildman–Crippen MR) is 89.0 cm³/mol. The molecule has 2 aromatic rings. The van der Waals surface area contributed by atoms with Gasteiger partial charge in [0.1, 0.15) is 4.90 Å². The van der Waals surface area contributed by atoms with E-state index in [1.54, 1.807) is 7.05 Å². The Balaban J connectivity index is 2.48. The molecule has 0 radical (unpaired) electrons. The molecule has 2 rings (SSSR count). The molecule has 0 aliphatic rings. The van der Waals surface area contributed by atoms with E-state index < -0.39 is 10.0 Å². The van der Waals surface area contributed by atoms with Gasteiger partial charge >= 0.3 is 0 Å². The van der Waals surface area contributed by atoms with Gasteiger partial charge in [-0.25, -0.2) is 12.7 Å². The molecule has 0 fully saturated rings. The van der Waals surface area contributed by atoms with Crippen LogP contribution in [-0.2, 0) is 16.6 Å². The first-order valence-corrected chi connectivity index (χ1v) is 9.30. The lowest BCUT2D eigenvalue weighted by Gasteiger charge is -2.18. The average molecular weight is 326 g/mol. The van der Waals surface area contributed by atoms with Crippen LogP contribution in [0.15, 0.2) is 29.2 Å². The fraction of sp³-hybridized carbons (Fsp3) is 0.467. The second kappa shape index (κ2) is 6.44. The lowest BCUT2D eigenvalue weighted by Crippen LogP contribution is -2.29. The van der Waals surface area contributed by atoms with Crippen molar-refractivity contribution < 1.29 is 8.42 Å². The van der Waals surface area contributed by atoms with Crippen LogP contribution in [0.3, 0.4) is 0 Å². The van der Waals surface area contributed by atoms with E-state index in [0.29, 0.717) is 17.4 Å². The van der Waals surface area contributed by atoms with E-state index in [1.807, 2.05) is 24.3 Å². The molecule has 21 heavy (non-hydrogen) atoms. The number of nitrogens with two attached hydrogens (primary N) is 1. The highest BCUT2D eigenvalue weighted by Gasteiger charge is 2.27. The standard InChI is InChI=1S/C15H22N2O2S2/c1-11(2)8-9-17(3)21(18,19)15-12-6-4-5-7-13(12)20-14(15)10-16/h4-7,11H,8-10,16H2,1-3H3. The monoisotopic (exact) mass is 326 g/mol. The summed E-state index contributed by atoms with van der Waals surface area (Å²) in [5.74, 6) is 0.468. The van der Waals surface area contributed by atoms with Gasteiger partial charge in [0.25, 0.3) is 0 Å². The minimum Gasteiger partial charge on any atom is -0.326 e. The predicted octanol–water partition coefficient (Wildman–Crippen LogP) is 3.03. The van der Waals surface area contributed by atoms with Gasteiger partial charge in [-0.05, 0) is 18.4 Å². The summed E-state index contributed by atoms with van der Waals surface area (Å²) in [5.41, 5.74) is 5.76. The number of thiophene rings is 1. The van der Waals surface area contributed by atoms with Gasteiger partial charge in [0.2, 0.25) is 10.0 Å². The minimum absolute atomic E-state index is 0.242. The first-order chi connectivity index (χ1) is 9.87. The number of hydrogen-bond donors (Lipinski definition) is 1. The molecule has 2 N–H and O–H groups in total. The quantitative estimate of drug-likeness (QED) is 0.887. The summed E-state index contributed by atoms with van der Waals surface area (Å²) in [6.07, 6.45) is 0.843. The molecule has 0 bridgehead atoms. The van der Waals surface area contributed by atoms with Gasteiger partial charge in [-0.15, -0.1) is 11.3 Å². The summed E-state index contributed by atoms with van der Waals surface area (Å²) in [7, 11) is -1.85. The van der Waals surface area contributed by atoms with Crippen molar-refractivity contribution in [2.24, 2.45) is 11.7 Å². The molecule has 0 amide bonds. The van der Waals surface area contributed by atoms with E-state index in [-0.39, 0.29) is 6.54 Å². The van der Waals surface area contributed by atoms with Crippen molar-refractivity contribution in [2.45, 2.75) is 31.7 Å². The maximum atomic E-state index is 12.9. The third-order valence-corrected chi connectivity index (χ3v) is 6.80. The number of fused-ring (bicyclic) bond motifs is 1. The van der Waals surface area contributed by atoms with Gasteiger partial charge in [0.05, 0.1) is 0 Å². The van der Waals surface area contributed by atoms with Crippen molar-refractivity contribution in [3.8, 4) is 0 Å². The van der Waals surface area contributed by atoms with E-state index in [1.165, 1.54) is 15.6 Å². The Hall–Kier alpha value is -0.950.